The number of unbranched alkanes of at least 4 members (excludes halogenated alkanes) is 4. The SMILES string of the molecule is CCCCCCCN(C=O)CC. The summed E-state index contributed by atoms with van der Waals surface area (Å²) in [6.07, 6.45) is 7.29. The highest BCUT2D eigenvalue weighted by molar-refractivity contribution is 5.46. The highest BCUT2D eigenvalue weighted by Gasteiger charge is 1.96. The molecule has 12 heavy (non-hydrogen) atoms. The summed E-state index contributed by atoms with van der Waals surface area (Å²) in [5.74, 6) is 0. The molecule has 0 saturated carbocycles. The van der Waals surface area contributed by atoms with Crippen molar-refractivity contribution in [2.75, 3.05) is 13.1 Å². The molecule has 1 amide bonds. The summed E-state index contributed by atoms with van der Waals surface area (Å²) in [6.45, 7) is 6.01. The average molecular weight is 171 g/mol. The van der Waals surface area contributed by atoms with Crippen LogP contribution in [0.25, 0.3) is 0 Å². The van der Waals surface area contributed by atoms with E-state index in [0.717, 1.165) is 25.9 Å². The standard InChI is InChI=1S/C10H21NO/c1-3-5-6-7-8-9-11(4-2)10-12/h10H,3-9H2,1-2H3. The number of carbonyl (C=O) groups is 1. The van der Waals surface area contributed by atoms with Crippen LogP contribution in [0.15, 0.2) is 0 Å². The number of hydrogen-bond donors (Lipinski definition) is 0. The Balaban J connectivity index is 3.12. The van der Waals surface area contributed by atoms with Crippen molar-refractivity contribution < 1.29 is 4.79 Å². The summed E-state index contributed by atoms with van der Waals surface area (Å²) in [4.78, 5) is 12.2. The van der Waals surface area contributed by atoms with Gasteiger partial charge in [0.25, 0.3) is 0 Å². The third-order valence-corrected chi connectivity index (χ3v) is 2.10. The van der Waals surface area contributed by atoms with E-state index in [1.807, 2.05) is 11.8 Å². The van der Waals surface area contributed by atoms with Gasteiger partial charge in [-0.15, -0.1) is 0 Å². The summed E-state index contributed by atoms with van der Waals surface area (Å²) < 4.78 is 0. The van der Waals surface area contributed by atoms with Crippen molar-refractivity contribution >= 4 is 6.41 Å². The van der Waals surface area contributed by atoms with Crippen LogP contribution in [0.2, 0.25) is 0 Å². The second-order valence-corrected chi connectivity index (χ2v) is 3.15. The summed E-state index contributed by atoms with van der Waals surface area (Å²) in [5, 5.41) is 0. The Kier molecular flexibility index (Phi) is 8.19. The third-order valence-electron chi connectivity index (χ3n) is 2.10. The molecular weight excluding hydrogens is 150 g/mol. The minimum Gasteiger partial charge on any atom is -0.346 e. The lowest BCUT2D eigenvalue weighted by Gasteiger charge is -2.13. The lowest BCUT2D eigenvalue weighted by Crippen LogP contribution is -2.22. The summed E-state index contributed by atoms with van der Waals surface area (Å²) in [6, 6.07) is 0. The maximum absolute atomic E-state index is 10.4. The van der Waals surface area contributed by atoms with Gasteiger partial charge in [0.05, 0.1) is 0 Å². The van der Waals surface area contributed by atoms with Crippen molar-refractivity contribution in [2.45, 2.75) is 46.0 Å². The number of rotatable bonds is 8. The molecule has 0 aromatic heterocycles. The molecule has 2 heteroatoms. The molecule has 2 nitrogen and oxygen atoms in total. The third kappa shape index (κ3) is 6.20. The van der Waals surface area contributed by atoms with Gasteiger partial charge in [0.15, 0.2) is 0 Å². The van der Waals surface area contributed by atoms with Gasteiger partial charge in [-0.05, 0) is 13.3 Å². The van der Waals surface area contributed by atoms with E-state index in [2.05, 4.69) is 6.92 Å². The van der Waals surface area contributed by atoms with Crippen LogP contribution in [-0.4, -0.2) is 24.4 Å². The van der Waals surface area contributed by atoms with Crippen molar-refractivity contribution in [1.82, 2.24) is 4.90 Å². The molecule has 0 bridgehead atoms. The Labute approximate surface area is 75.9 Å². The molecule has 0 saturated heterocycles. The molecule has 0 spiro atoms. The number of hydrogen-bond acceptors (Lipinski definition) is 1. The molecule has 0 N–H and O–H groups in total. The molecule has 0 aliphatic carbocycles. The van der Waals surface area contributed by atoms with Gasteiger partial charge in [0.1, 0.15) is 0 Å². The van der Waals surface area contributed by atoms with Crippen LogP contribution in [0.3, 0.4) is 0 Å². The number of nitrogens with zero attached hydrogens (tertiary/aromatic N) is 1. The number of amides is 1. The largest absolute Gasteiger partial charge is 0.346 e. The van der Waals surface area contributed by atoms with Crippen LogP contribution in [0.5, 0.6) is 0 Å². The Morgan fingerprint density at radius 2 is 1.75 bits per heavy atom. The highest BCUT2D eigenvalue weighted by atomic mass is 16.1. The van der Waals surface area contributed by atoms with Crippen LogP contribution in [0, 0.1) is 0 Å². The van der Waals surface area contributed by atoms with E-state index in [4.69, 9.17) is 0 Å². The lowest BCUT2D eigenvalue weighted by atomic mass is 10.1. The zero-order valence-electron chi connectivity index (χ0n) is 8.38. The zero-order chi connectivity index (χ0) is 9.23. The van der Waals surface area contributed by atoms with E-state index in [9.17, 15) is 4.79 Å². The Morgan fingerprint density at radius 3 is 2.25 bits per heavy atom. The molecule has 0 aliphatic heterocycles. The summed E-state index contributed by atoms with van der Waals surface area (Å²) in [5.41, 5.74) is 0. The molecule has 0 radical (unpaired) electrons. The maximum atomic E-state index is 10.4. The average Bonchev–Trinajstić information content (AvgIpc) is 2.11. The first kappa shape index (κ1) is 11.5. The van der Waals surface area contributed by atoms with E-state index in [-0.39, 0.29) is 0 Å². The molecule has 0 aromatic carbocycles. The normalized spacial score (nSPS) is 9.83. The fourth-order valence-electron chi connectivity index (χ4n) is 1.20. The Morgan fingerprint density at radius 1 is 1.08 bits per heavy atom. The monoisotopic (exact) mass is 171 g/mol. The molecule has 0 unspecified atom stereocenters. The van der Waals surface area contributed by atoms with Crippen LogP contribution >= 0.6 is 0 Å². The molecule has 0 fully saturated rings. The smallest absolute Gasteiger partial charge is 0.209 e. The summed E-state index contributed by atoms with van der Waals surface area (Å²) in [7, 11) is 0. The van der Waals surface area contributed by atoms with Crippen LogP contribution in [-0.2, 0) is 4.79 Å². The van der Waals surface area contributed by atoms with Crippen LogP contribution in [0.1, 0.15) is 46.0 Å². The molecule has 0 heterocycles. The van der Waals surface area contributed by atoms with E-state index in [1.54, 1.807) is 0 Å². The van der Waals surface area contributed by atoms with Gasteiger partial charge in [-0.2, -0.15) is 0 Å². The fourth-order valence-corrected chi connectivity index (χ4v) is 1.20. The topological polar surface area (TPSA) is 20.3 Å². The Hall–Kier alpha value is -0.530. The fraction of sp³-hybridized carbons (Fsp3) is 0.900. The van der Waals surface area contributed by atoms with Crippen molar-refractivity contribution in [3.8, 4) is 0 Å². The van der Waals surface area contributed by atoms with Gasteiger partial charge in [-0.25, -0.2) is 0 Å². The molecule has 72 valence electrons. The van der Waals surface area contributed by atoms with E-state index in [0.29, 0.717) is 0 Å². The highest BCUT2D eigenvalue weighted by Crippen LogP contribution is 2.02. The van der Waals surface area contributed by atoms with E-state index in [1.165, 1.54) is 25.7 Å². The first-order valence-electron chi connectivity index (χ1n) is 5.04. The predicted molar refractivity (Wildman–Crippen MR) is 52.1 cm³/mol. The first-order valence-corrected chi connectivity index (χ1v) is 5.04. The van der Waals surface area contributed by atoms with Gasteiger partial charge in [-0.1, -0.05) is 32.6 Å². The van der Waals surface area contributed by atoms with Gasteiger partial charge in [0, 0.05) is 13.1 Å². The van der Waals surface area contributed by atoms with Crippen LogP contribution in [0.4, 0.5) is 0 Å². The van der Waals surface area contributed by atoms with Crippen molar-refractivity contribution in [2.24, 2.45) is 0 Å². The first-order chi connectivity index (χ1) is 5.85. The number of carbonyl (C=O) groups excluding carboxylic acids is 1. The molecule has 0 rings (SSSR count). The van der Waals surface area contributed by atoms with Crippen molar-refractivity contribution in [3.05, 3.63) is 0 Å². The molecule has 0 atom stereocenters. The van der Waals surface area contributed by atoms with Gasteiger partial charge >= 0.3 is 0 Å². The summed E-state index contributed by atoms with van der Waals surface area (Å²) >= 11 is 0. The maximum Gasteiger partial charge on any atom is 0.209 e. The Bertz CT molecular complexity index is 104. The zero-order valence-corrected chi connectivity index (χ0v) is 8.38. The second kappa shape index (κ2) is 8.57. The molecule has 0 aliphatic rings. The minimum atomic E-state index is 0.845. The lowest BCUT2D eigenvalue weighted by molar-refractivity contribution is -0.118. The quantitative estimate of drug-likeness (QED) is 0.406. The molecule has 0 aromatic rings. The minimum absolute atomic E-state index is 0.845. The van der Waals surface area contributed by atoms with E-state index < -0.39 is 0 Å². The van der Waals surface area contributed by atoms with Crippen LogP contribution < -0.4 is 0 Å². The van der Waals surface area contributed by atoms with Crippen molar-refractivity contribution in [1.29, 1.82) is 0 Å². The van der Waals surface area contributed by atoms with E-state index >= 15 is 0 Å². The van der Waals surface area contributed by atoms with Gasteiger partial charge in [-0.3, -0.25) is 4.79 Å². The molecular formula is C10H21NO. The van der Waals surface area contributed by atoms with Gasteiger partial charge in [0.2, 0.25) is 6.41 Å². The predicted octanol–water partition coefficient (Wildman–Crippen LogP) is 2.44. The van der Waals surface area contributed by atoms with Gasteiger partial charge < -0.3 is 4.90 Å². The van der Waals surface area contributed by atoms with Crippen molar-refractivity contribution in [3.63, 3.8) is 0 Å². The second-order valence-electron chi connectivity index (χ2n) is 3.15.